The number of para-hydroxylation sites is 1. The Balaban J connectivity index is 1.58. The third-order valence-corrected chi connectivity index (χ3v) is 6.06. The molecule has 0 fully saturated rings. The second-order valence-electron chi connectivity index (χ2n) is 7.43. The Bertz CT molecular complexity index is 1450. The molecule has 2 heterocycles. The van der Waals surface area contributed by atoms with Crippen molar-refractivity contribution in [2.75, 3.05) is 6.26 Å². The first-order chi connectivity index (χ1) is 16.6. The first kappa shape index (κ1) is 21.7. The molecule has 0 amide bonds. The molecule has 0 spiro atoms. The molecule has 1 unspecified atom stereocenters. The van der Waals surface area contributed by atoms with Crippen LogP contribution >= 0.6 is 0 Å². The molecule has 0 bridgehead atoms. The van der Waals surface area contributed by atoms with E-state index in [1.807, 2.05) is 54.6 Å². The fraction of sp³-hybridized carbons (Fsp3) is 0.0385. The number of benzene rings is 3. The summed E-state index contributed by atoms with van der Waals surface area (Å²) in [6, 6.07) is 24.7. The van der Waals surface area contributed by atoms with Gasteiger partial charge >= 0.3 is 6.01 Å². The number of nitrogens with one attached hydrogen (secondary N) is 1. The normalized spacial score (nSPS) is 11.8. The first-order valence-corrected chi connectivity index (χ1v) is 12.0. The summed E-state index contributed by atoms with van der Waals surface area (Å²) in [5, 5.41) is 0. The third kappa shape index (κ3) is 4.62. The van der Waals surface area contributed by atoms with Gasteiger partial charge < -0.3 is 9.72 Å². The van der Waals surface area contributed by atoms with Crippen molar-refractivity contribution in [1.82, 2.24) is 19.9 Å². The van der Waals surface area contributed by atoms with E-state index in [2.05, 4.69) is 15.0 Å². The standard InChI is InChI=1S/C26H19FN4O2S/c1-34(32)21-13-9-18(10-14-21)25-30-23(17-7-11-19(27)12-8-17)24(31-25)22-15-16-28-26(29-22)33-20-5-3-2-4-6-20/h2-16H,1H3,(H,30,31). The zero-order valence-corrected chi connectivity index (χ0v) is 18.9. The van der Waals surface area contributed by atoms with Gasteiger partial charge in [0.1, 0.15) is 17.4 Å². The summed E-state index contributed by atoms with van der Waals surface area (Å²) in [6.07, 6.45) is 3.25. The molecule has 0 radical (unpaired) electrons. The number of ether oxygens (including phenoxy) is 1. The number of nitrogens with zero attached hydrogens (tertiary/aromatic N) is 3. The second-order valence-corrected chi connectivity index (χ2v) is 8.81. The van der Waals surface area contributed by atoms with Gasteiger partial charge in [0.25, 0.3) is 0 Å². The van der Waals surface area contributed by atoms with Gasteiger partial charge in [-0.15, -0.1) is 0 Å². The fourth-order valence-electron chi connectivity index (χ4n) is 3.44. The molecule has 3 aromatic carbocycles. The third-order valence-electron chi connectivity index (χ3n) is 5.12. The molecule has 34 heavy (non-hydrogen) atoms. The van der Waals surface area contributed by atoms with Crippen molar-refractivity contribution in [1.29, 1.82) is 0 Å². The van der Waals surface area contributed by atoms with E-state index in [-0.39, 0.29) is 11.8 Å². The number of aromatic nitrogens is 4. The van der Waals surface area contributed by atoms with Crippen LogP contribution in [0.4, 0.5) is 4.39 Å². The van der Waals surface area contributed by atoms with Crippen molar-refractivity contribution in [3.8, 4) is 45.8 Å². The SMILES string of the molecule is CS(=O)c1ccc(-c2nc(-c3ccc(F)cc3)c(-c3ccnc(Oc4ccccc4)n3)[nH]2)cc1. The summed E-state index contributed by atoms with van der Waals surface area (Å²) in [5.41, 5.74) is 3.38. The average molecular weight is 471 g/mol. The molecule has 8 heteroatoms. The Hall–Kier alpha value is -4.17. The van der Waals surface area contributed by atoms with Crippen molar-refractivity contribution < 1.29 is 13.3 Å². The van der Waals surface area contributed by atoms with Gasteiger partial charge in [-0.05, 0) is 54.6 Å². The molecule has 0 aliphatic rings. The molecule has 1 atom stereocenters. The Labute approximate surface area is 198 Å². The smallest absolute Gasteiger partial charge is 0.322 e. The maximum atomic E-state index is 13.6. The van der Waals surface area contributed by atoms with Gasteiger partial charge in [-0.2, -0.15) is 4.98 Å². The van der Waals surface area contributed by atoms with Crippen LogP contribution in [-0.4, -0.2) is 30.4 Å². The van der Waals surface area contributed by atoms with Crippen molar-refractivity contribution >= 4 is 10.8 Å². The molecule has 5 aromatic rings. The van der Waals surface area contributed by atoms with E-state index in [9.17, 15) is 8.60 Å². The zero-order chi connectivity index (χ0) is 23.5. The predicted molar refractivity (Wildman–Crippen MR) is 129 cm³/mol. The van der Waals surface area contributed by atoms with Gasteiger partial charge in [0, 0.05) is 39.3 Å². The van der Waals surface area contributed by atoms with Crippen LogP contribution in [0.2, 0.25) is 0 Å². The predicted octanol–water partition coefficient (Wildman–Crippen LogP) is 5.87. The Morgan fingerprint density at radius 2 is 1.56 bits per heavy atom. The van der Waals surface area contributed by atoms with Gasteiger partial charge in [-0.1, -0.05) is 30.3 Å². The minimum absolute atomic E-state index is 0.194. The van der Waals surface area contributed by atoms with Crippen molar-refractivity contribution in [3.63, 3.8) is 0 Å². The van der Waals surface area contributed by atoms with E-state index >= 15 is 0 Å². The van der Waals surface area contributed by atoms with Crippen LogP contribution in [0.25, 0.3) is 34.0 Å². The Morgan fingerprint density at radius 3 is 2.26 bits per heavy atom. The van der Waals surface area contributed by atoms with Crippen LogP contribution in [0.5, 0.6) is 11.8 Å². The molecular weight excluding hydrogens is 451 g/mol. The molecule has 0 saturated heterocycles. The van der Waals surface area contributed by atoms with Gasteiger partial charge in [0.2, 0.25) is 0 Å². The molecule has 1 N–H and O–H groups in total. The molecule has 2 aromatic heterocycles. The number of hydrogen-bond acceptors (Lipinski definition) is 5. The topological polar surface area (TPSA) is 80.8 Å². The molecule has 0 aliphatic heterocycles. The number of hydrogen-bond donors (Lipinski definition) is 1. The van der Waals surface area contributed by atoms with E-state index in [1.165, 1.54) is 12.1 Å². The number of aromatic amines is 1. The molecule has 0 aliphatic carbocycles. The molecular formula is C26H19FN4O2S. The van der Waals surface area contributed by atoms with Crippen LogP contribution in [0.3, 0.4) is 0 Å². The number of imidazole rings is 1. The zero-order valence-electron chi connectivity index (χ0n) is 18.1. The first-order valence-electron chi connectivity index (χ1n) is 10.4. The lowest BCUT2D eigenvalue weighted by atomic mass is 10.1. The Morgan fingerprint density at radius 1 is 0.853 bits per heavy atom. The highest BCUT2D eigenvalue weighted by Crippen LogP contribution is 2.33. The number of halogens is 1. The highest BCUT2D eigenvalue weighted by atomic mass is 32.2. The number of rotatable bonds is 6. The monoisotopic (exact) mass is 470 g/mol. The lowest BCUT2D eigenvalue weighted by molar-refractivity contribution is 0.442. The van der Waals surface area contributed by atoms with Crippen LogP contribution in [-0.2, 0) is 10.8 Å². The van der Waals surface area contributed by atoms with E-state index < -0.39 is 10.8 Å². The van der Waals surface area contributed by atoms with Crippen LogP contribution in [0.15, 0.2) is 96.0 Å². The minimum atomic E-state index is -1.07. The highest BCUT2D eigenvalue weighted by Gasteiger charge is 2.18. The lowest BCUT2D eigenvalue weighted by Gasteiger charge is -2.06. The largest absolute Gasteiger partial charge is 0.424 e. The van der Waals surface area contributed by atoms with Gasteiger partial charge in [-0.25, -0.2) is 14.4 Å². The number of H-pyrrole nitrogens is 1. The van der Waals surface area contributed by atoms with Crippen LogP contribution in [0.1, 0.15) is 0 Å². The van der Waals surface area contributed by atoms with E-state index in [0.717, 1.165) is 16.0 Å². The van der Waals surface area contributed by atoms with Crippen LogP contribution < -0.4 is 4.74 Å². The van der Waals surface area contributed by atoms with Crippen LogP contribution in [0, 0.1) is 5.82 Å². The lowest BCUT2D eigenvalue weighted by Crippen LogP contribution is -1.94. The summed E-state index contributed by atoms with van der Waals surface area (Å²) >= 11 is 0. The molecule has 5 rings (SSSR count). The summed E-state index contributed by atoms with van der Waals surface area (Å²) in [4.78, 5) is 17.6. The summed E-state index contributed by atoms with van der Waals surface area (Å²) < 4.78 is 31.1. The summed E-state index contributed by atoms with van der Waals surface area (Å²) in [6.45, 7) is 0. The fourth-order valence-corrected chi connectivity index (χ4v) is 3.96. The van der Waals surface area contributed by atoms with Gasteiger partial charge in [0.15, 0.2) is 0 Å². The molecule has 0 saturated carbocycles. The van der Waals surface area contributed by atoms with Gasteiger partial charge in [-0.3, -0.25) is 4.21 Å². The minimum Gasteiger partial charge on any atom is -0.424 e. The van der Waals surface area contributed by atoms with E-state index in [4.69, 9.17) is 9.72 Å². The van der Waals surface area contributed by atoms with Crippen molar-refractivity contribution in [2.45, 2.75) is 4.90 Å². The Kier molecular flexibility index (Phi) is 5.97. The van der Waals surface area contributed by atoms with Crippen molar-refractivity contribution in [3.05, 3.63) is 96.9 Å². The second kappa shape index (κ2) is 9.36. The maximum absolute atomic E-state index is 13.6. The summed E-state index contributed by atoms with van der Waals surface area (Å²) in [7, 11) is -1.07. The molecule has 6 nitrogen and oxygen atoms in total. The van der Waals surface area contributed by atoms with Crippen molar-refractivity contribution in [2.24, 2.45) is 0 Å². The van der Waals surface area contributed by atoms with Gasteiger partial charge in [0.05, 0.1) is 17.1 Å². The summed E-state index contributed by atoms with van der Waals surface area (Å²) in [5.74, 6) is 0.897. The maximum Gasteiger partial charge on any atom is 0.322 e. The highest BCUT2D eigenvalue weighted by molar-refractivity contribution is 7.84. The quantitative estimate of drug-likeness (QED) is 0.336. The van der Waals surface area contributed by atoms with E-state index in [0.29, 0.717) is 28.7 Å². The molecule has 168 valence electrons. The van der Waals surface area contributed by atoms with E-state index in [1.54, 1.807) is 30.7 Å². The average Bonchev–Trinajstić information content (AvgIpc) is 3.31.